The molecular formula is C15H12N2O2. The number of hydrogen-bond acceptors (Lipinski definition) is 3. The van der Waals surface area contributed by atoms with E-state index < -0.39 is 5.97 Å². The number of H-pyrrole nitrogens is 1. The van der Waals surface area contributed by atoms with E-state index in [-0.39, 0.29) is 0 Å². The number of ether oxygens (including phenoxy) is 1. The van der Waals surface area contributed by atoms with Gasteiger partial charge in [0, 0.05) is 17.5 Å². The summed E-state index contributed by atoms with van der Waals surface area (Å²) in [5, 5.41) is 0. The Morgan fingerprint density at radius 1 is 1.21 bits per heavy atom. The smallest absolute Gasteiger partial charge is 0.363 e. The molecule has 1 aliphatic heterocycles. The van der Waals surface area contributed by atoms with E-state index in [1.54, 1.807) is 12.3 Å². The number of rotatable bonds is 2. The molecule has 1 N–H and O–H groups in total. The molecule has 4 heteroatoms. The van der Waals surface area contributed by atoms with Gasteiger partial charge in [-0.2, -0.15) is 0 Å². The maximum absolute atomic E-state index is 11.7. The van der Waals surface area contributed by atoms with Crippen LogP contribution in [0.15, 0.2) is 53.3 Å². The summed E-state index contributed by atoms with van der Waals surface area (Å²) in [5.41, 5.74) is 3.07. The maximum Gasteiger partial charge on any atom is 0.363 e. The standard InChI is InChI=1S/C15H12N2O2/c1-10-4-6-11(7-5-10)14-17-13(15(18)19-14)9-12-3-2-8-16-12/h2-9,16H,1H3. The fourth-order valence-corrected chi connectivity index (χ4v) is 1.81. The van der Waals surface area contributed by atoms with Gasteiger partial charge in [0.2, 0.25) is 5.90 Å². The molecular weight excluding hydrogens is 240 g/mol. The van der Waals surface area contributed by atoms with Gasteiger partial charge in [-0.05, 0) is 37.3 Å². The molecule has 0 amide bonds. The van der Waals surface area contributed by atoms with E-state index in [1.807, 2.05) is 43.3 Å². The molecule has 1 aromatic heterocycles. The van der Waals surface area contributed by atoms with Crippen LogP contribution in [-0.2, 0) is 9.53 Å². The highest BCUT2D eigenvalue weighted by Crippen LogP contribution is 2.18. The van der Waals surface area contributed by atoms with Crippen LogP contribution in [0, 0.1) is 6.92 Å². The normalized spacial score (nSPS) is 16.6. The third-order valence-corrected chi connectivity index (χ3v) is 2.83. The molecule has 0 spiro atoms. The van der Waals surface area contributed by atoms with Gasteiger partial charge in [-0.3, -0.25) is 0 Å². The molecule has 0 aliphatic carbocycles. The lowest BCUT2D eigenvalue weighted by Gasteiger charge is -1.99. The Hall–Kier alpha value is -2.62. The number of benzene rings is 1. The Bertz CT molecular complexity index is 665. The third-order valence-electron chi connectivity index (χ3n) is 2.83. The van der Waals surface area contributed by atoms with Crippen LogP contribution in [0.3, 0.4) is 0 Å². The Kier molecular flexibility index (Phi) is 2.76. The molecule has 94 valence electrons. The van der Waals surface area contributed by atoms with E-state index in [2.05, 4.69) is 9.98 Å². The van der Waals surface area contributed by atoms with Crippen LogP contribution in [0.1, 0.15) is 16.8 Å². The Balaban J connectivity index is 1.93. The lowest BCUT2D eigenvalue weighted by molar-refractivity contribution is -0.129. The SMILES string of the molecule is Cc1ccc(C2=NC(=Cc3ccc[nH]3)C(=O)O2)cc1. The van der Waals surface area contributed by atoms with Crippen LogP contribution in [0.5, 0.6) is 0 Å². The van der Waals surface area contributed by atoms with Crippen molar-refractivity contribution in [1.82, 2.24) is 4.98 Å². The summed E-state index contributed by atoms with van der Waals surface area (Å²) in [5.74, 6) is -0.0759. The summed E-state index contributed by atoms with van der Waals surface area (Å²) in [6.07, 6.45) is 3.46. The number of carbonyl (C=O) groups is 1. The molecule has 1 aliphatic rings. The van der Waals surface area contributed by atoms with E-state index in [0.717, 1.165) is 16.8 Å². The Morgan fingerprint density at radius 3 is 2.68 bits per heavy atom. The van der Waals surface area contributed by atoms with Crippen LogP contribution in [-0.4, -0.2) is 16.9 Å². The fraction of sp³-hybridized carbons (Fsp3) is 0.0667. The molecule has 0 saturated carbocycles. The summed E-state index contributed by atoms with van der Waals surface area (Å²) in [7, 11) is 0. The van der Waals surface area contributed by atoms with Crippen LogP contribution in [0.4, 0.5) is 0 Å². The Morgan fingerprint density at radius 2 is 2.00 bits per heavy atom. The molecule has 0 unspecified atom stereocenters. The highest BCUT2D eigenvalue weighted by Gasteiger charge is 2.23. The van der Waals surface area contributed by atoms with Gasteiger partial charge in [-0.1, -0.05) is 17.7 Å². The van der Waals surface area contributed by atoms with Crippen LogP contribution in [0.25, 0.3) is 6.08 Å². The largest absolute Gasteiger partial charge is 0.402 e. The maximum atomic E-state index is 11.7. The number of aromatic amines is 1. The van der Waals surface area contributed by atoms with Gasteiger partial charge in [0.15, 0.2) is 5.70 Å². The zero-order valence-corrected chi connectivity index (χ0v) is 10.4. The first-order chi connectivity index (χ1) is 9.22. The van der Waals surface area contributed by atoms with Gasteiger partial charge < -0.3 is 9.72 Å². The third kappa shape index (κ3) is 2.33. The van der Waals surface area contributed by atoms with Gasteiger partial charge in [0.1, 0.15) is 0 Å². The highest BCUT2D eigenvalue weighted by molar-refractivity contribution is 6.12. The first-order valence-electron chi connectivity index (χ1n) is 5.95. The molecule has 1 aromatic carbocycles. The molecule has 3 rings (SSSR count). The molecule has 0 radical (unpaired) electrons. The van der Waals surface area contributed by atoms with Crippen LogP contribution >= 0.6 is 0 Å². The first-order valence-corrected chi connectivity index (χ1v) is 5.95. The number of aromatic nitrogens is 1. The lowest BCUT2D eigenvalue weighted by atomic mass is 10.1. The molecule has 0 fully saturated rings. The second kappa shape index (κ2) is 4.57. The van der Waals surface area contributed by atoms with Crippen molar-refractivity contribution in [2.24, 2.45) is 4.99 Å². The number of carbonyl (C=O) groups excluding carboxylic acids is 1. The number of esters is 1. The molecule has 4 nitrogen and oxygen atoms in total. The zero-order chi connectivity index (χ0) is 13.2. The minimum atomic E-state index is -0.426. The highest BCUT2D eigenvalue weighted by atomic mass is 16.6. The minimum Gasteiger partial charge on any atom is -0.402 e. The van der Waals surface area contributed by atoms with Crippen molar-refractivity contribution in [1.29, 1.82) is 0 Å². The van der Waals surface area contributed by atoms with Crippen molar-refractivity contribution in [3.8, 4) is 0 Å². The van der Waals surface area contributed by atoms with Crippen molar-refractivity contribution in [3.63, 3.8) is 0 Å². The van der Waals surface area contributed by atoms with E-state index in [1.165, 1.54) is 0 Å². The van der Waals surface area contributed by atoms with Gasteiger partial charge in [-0.25, -0.2) is 9.79 Å². The van der Waals surface area contributed by atoms with Crippen molar-refractivity contribution in [2.75, 3.05) is 0 Å². The summed E-state index contributed by atoms with van der Waals surface area (Å²) in [6, 6.07) is 11.4. The fourth-order valence-electron chi connectivity index (χ4n) is 1.81. The monoisotopic (exact) mass is 252 g/mol. The second-order valence-corrected chi connectivity index (χ2v) is 4.33. The quantitative estimate of drug-likeness (QED) is 0.660. The van der Waals surface area contributed by atoms with Crippen LogP contribution in [0.2, 0.25) is 0 Å². The Labute approximate surface area is 110 Å². The summed E-state index contributed by atoms with van der Waals surface area (Å²) in [6.45, 7) is 2.00. The lowest BCUT2D eigenvalue weighted by Crippen LogP contribution is -2.05. The number of hydrogen-bond donors (Lipinski definition) is 1. The topological polar surface area (TPSA) is 54.5 Å². The average Bonchev–Trinajstić information content (AvgIpc) is 3.02. The average molecular weight is 252 g/mol. The predicted molar refractivity (Wildman–Crippen MR) is 72.6 cm³/mol. The van der Waals surface area contributed by atoms with Crippen molar-refractivity contribution in [3.05, 3.63) is 65.1 Å². The van der Waals surface area contributed by atoms with Crippen molar-refractivity contribution in [2.45, 2.75) is 6.92 Å². The molecule has 0 bridgehead atoms. The van der Waals surface area contributed by atoms with E-state index in [0.29, 0.717) is 11.6 Å². The minimum absolute atomic E-state index is 0.304. The molecule has 2 heterocycles. The number of aryl methyl sites for hydroxylation is 1. The van der Waals surface area contributed by atoms with Crippen molar-refractivity contribution < 1.29 is 9.53 Å². The zero-order valence-electron chi connectivity index (χ0n) is 10.4. The summed E-state index contributed by atoms with van der Waals surface area (Å²) in [4.78, 5) is 19.0. The molecule has 0 atom stereocenters. The molecule has 2 aromatic rings. The number of cyclic esters (lactones) is 1. The molecule has 0 saturated heterocycles. The first kappa shape index (κ1) is 11.5. The van der Waals surface area contributed by atoms with E-state index >= 15 is 0 Å². The van der Waals surface area contributed by atoms with Crippen LogP contribution < -0.4 is 0 Å². The number of nitrogens with zero attached hydrogens (tertiary/aromatic N) is 1. The number of nitrogens with one attached hydrogen (secondary N) is 1. The molecule has 19 heavy (non-hydrogen) atoms. The predicted octanol–water partition coefficient (Wildman–Crippen LogP) is 2.67. The summed E-state index contributed by atoms with van der Waals surface area (Å²) < 4.78 is 5.18. The second-order valence-electron chi connectivity index (χ2n) is 4.33. The van der Waals surface area contributed by atoms with E-state index in [4.69, 9.17) is 4.74 Å². The van der Waals surface area contributed by atoms with Gasteiger partial charge in [0.05, 0.1) is 0 Å². The van der Waals surface area contributed by atoms with Gasteiger partial charge in [-0.15, -0.1) is 0 Å². The van der Waals surface area contributed by atoms with Crippen molar-refractivity contribution >= 4 is 17.9 Å². The van der Waals surface area contributed by atoms with Gasteiger partial charge in [0.25, 0.3) is 0 Å². The number of aliphatic imine (C=N–C) groups is 1. The van der Waals surface area contributed by atoms with E-state index in [9.17, 15) is 4.79 Å². The summed E-state index contributed by atoms with van der Waals surface area (Å²) >= 11 is 0. The van der Waals surface area contributed by atoms with Gasteiger partial charge >= 0.3 is 5.97 Å².